The molecule has 0 aromatic heterocycles. The SMILES string of the molecule is C/C(=C\CC(C)O)C(=O)O.C=C(CCO)C(=O)O.CCCCCC/C=C(\C)C(=O)O. The van der Waals surface area contributed by atoms with Crippen LogP contribution in [0.1, 0.15) is 72.6 Å². The Morgan fingerprint density at radius 3 is 1.73 bits per heavy atom. The molecule has 0 saturated heterocycles. The van der Waals surface area contributed by atoms with Crippen LogP contribution < -0.4 is 0 Å². The zero-order valence-corrected chi connectivity index (χ0v) is 18.6. The Balaban J connectivity index is -0.000000372. The van der Waals surface area contributed by atoms with Crippen LogP contribution in [-0.4, -0.2) is 56.2 Å². The van der Waals surface area contributed by atoms with Crippen molar-refractivity contribution in [2.24, 2.45) is 0 Å². The van der Waals surface area contributed by atoms with Crippen molar-refractivity contribution in [3.05, 3.63) is 35.5 Å². The van der Waals surface area contributed by atoms with Gasteiger partial charge in [-0.2, -0.15) is 0 Å². The minimum atomic E-state index is -1.04. The van der Waals surface area contributed by atoms with Gasteiger partial charge in [0.1, 0.15) is 0 Å². The Bertz CT molecular complexity index is 574. The van der Waals surface area contributed by atoms with Crippen molar-refractivity contribution in [2.45, 2.75) is 78.7 Å². The largest absolute Gasteiger partial charge is 0.478 e. The topological polar surface area (TPSA) is 152 Å². The lowest BCUT2D eigenvalue weighted by Crippen LogP contribution is -2.00. The molecule has 1 atom stereocenters. The van der Waals surface area contributed by atoms with Gasteiger partial charge in [-0.15, -0.1) is 0 Å². The van der Waals surface area contributed by atoms with E-state index in [0.29, 0.717) is 12.0 Å². The van der Waals surface area contributed by atoms with Crippen molar-refractivity contribution in [2.75, 3.05) is 6.61 Å². The highest BCUT2D eigenvalue weighted by molar-refractivity contribution is 5.86. The number of unbranched alkanes of at least 4 members (excludes halogenated alkanes) is 4. The third-order valence-corrected chi connectivity index (χ3v) is 3.66. The Morgan fingerprint density at radius 2 is 1.40 bits per heavy atom. The van der Waals surface area contributed by atoms with Gasteiger partial charge in [0.2, 0.25) is 0 Å². The van der Waals surface area contributed by atoms with E-state index in [1.165, 1.54) is 32.3 Å². The molecule has 174 valence electrons. The van der Waals surface area contributed by atoms with Gasteiger partial charge in [0.15, 0.2) is 0 Å². The maximum atomic E-state index is 10.4. The average molecular weight is 431 g/mol. The van der Waals surface area contributed by atoms with Gasteiger partial charge in [-0.3, -0.25) is 0 Å². The molecule has 0 aliphatic carbocycles. The number of rotatable bonds is 12. The molecular weight excluding hydrogens is 392 g/mol. The second-order valence-electron chi connectivity index (χ2n) is 6.70. The molecule has 0 spiro atoms. The van der Waals surface area contributed by atoms with Gasteiger partial charge in [0.05, 0.1) is 6.10 Å². The average Bonchev–Trinajstić information content (AvgIpc) is 2.66. The monoisotopic (exact) mass is 430 g/mol. The van der Waals surface area contributed by atoms with E-state index in [0.717, 1.165) is 12.8 Å². The molecule has 0 radical (unpaired) electrons. The number of carboxylic acid groups (broad SMARTS) is 3. The van der Waals surface area contributed by atoms with Crippen molar-refractivity contribution < 1.29 is 39.9 Å². The van der Waals surface area contributed by atoms with Crippen LogP contribution in [0.3, 0.4) is 0 Å². The summed E-state index contributed by atoms with van der Waals surface area (Å²) in [6.07, 6.45) is 9.09. The second-order valence-corrected chi connectivity index (χ2v) is 6.70. The van der Waals surface area contributed by atoms with E-state index in [4.69, 9.17) is 25.5 Å². The Morgan fingerprint density at radius 1 is 0.900 bits per heavy atom. The first-order valence-electron chi connectivity index (χ1n) is 9.90. The maximum Gasteiger partial charge on any atom is 0.331 e. The molecule has 8 nitrogen and oxygen atoms in total. The van der Waals surface area contributed by atoms with Gasteiger partial charge in [-0.25, -0.2) is 14.4 Å². The van der Waals surface area contributed by atoms with Crippen LogP contribution in [0.4, 0.5) is 0 Å². The van der Waals surface area contributed by atoms with Gasteiger partial charge in [0, 0.05) is 29.7 Å². The van der Waals surface area contributed by atoms with E-state index < -0.39 is 24.0 Å². The van der Waals surface area contributed by atoms with Crippen molar-refractivity contribution in [1.82, 2.24) is 0 Å². The molecular formula is C22H38O8. The Labute approximate surface area is 179 Å². The number of aliphatic carboxylic acids is 3. The van der Waals surface area contributed by atoms with Gasteiger partial charge < -0.3 is 25.5 Å². The smallest absolute Gasteiger partial charge is 0.331 e. The van der Waals surface area contributed by atoms with E-state index >= 15 is 0 Å². The predicted octanol–water partition coefficient (Wildman–Crippen LogP) is 3.79. The molecule has 0 aliphatic rings. The number of allylic oxidation sites excluding steroid dienone is 1. The number of aliphatic hydroxyl groups excluding tert-OH is 2. The predicted molar refractivity (Wildman–Crippen MR) is 116 cm³/mol. The fourth-order valence-electron chi connectivity index (χ4n) is 1.65. The molecule has 0 amide bonds. The van der Waals surface area contributed by atoms with Crippen molar-refractivity contribution in [1.29, 1.82) is 0 Å². The molecule has 0 aromatic rings. The molecule has 0 rings (SSSR count). The van der Waals surface area contributed by atoms with Crippen molar-refractivity contribution in [3.63, 3.8) is 0 Å². The van der Waals surface area contributed by atoms with Crippen LogP contribution in [0.15, 0.2) is 35.5 Å². The summed E-state index contributed by atoms with van der Waals surface area (Å²) in [6, 6.07) is 0. The molecule has 0 heterocycles. The summed E-state index contributed by atoms with van der Waals surface area (Å²) in [7, 11) is 0. The molecule has 8 heteroatoms. The highest BCUT2D eigenvalue weighted by Gasteiger charge is 2.00. The lowest BCUT2D eigenvalue weighted by molar-refractivity contribution is -0.133. The molecule has 0 fully saturated rings. The summed E-state index contributed by atoms with van der Waals surface area (Å²) in [5.41, 5.74) is 0.792. The quantitative estimate of drug-likeness (QED) is 0.232. The molecule has 30 heavy (non-hydrogen) atoms. The lowest BCUT2D eigenvalue weighted by Gasteiger charge is -1.97. The zero-order valence-electron chi connectivity index (χ0n) is 18.6. The van der Waals surface area contributed by atoms with Crippen LogP contribution in [0.5, 0.6) is 0 Å². The highest BCUT2D eigenvalue weighted by atomic mass is 16.4. The fourth-order valence-corrected chi connectivity index (χ4v) is 1.65. The van der Waals surface area contributed by atoms with Gasteiger partial charge >= 0.3 is 17.9 Å². The summed E-state index contributed by atoms with van der Waals surface area (Å²) in [6.45, 7) is 9.96. The fraction of sp³-hybridized carbons (Fsp3) is 0.591. The van der Waals surface area contributed by atoms with Gasteiger partial charge in [0.25, 0.3) is 0 Å². The normalized spacial score (nSPS) is 11.9. The number of hydrogen-bond donors (Lipinski definition) is 5. The van der Waals surface area contributed by atoms with Crippen LogP contribution >= 0.6 is 0 Å². The summed E-state index contributed by atoms with van der Waals surface area (Å²) < 4.78 is 0. The first kappa shape index (κ1) is 32.2. The number of carboxylic acids is 3. The van der Waals surface area contributed by atoms with E-state index in [1.807, 2.05) is 0 Å². The van der Waals surface area contributed by atoms with Crippen LogP contribution in [0.25, 0.3) is 0 Å². The zero-order chi connectivity index (χ0) is 24.1. The first-order chi connectivity index (χ1) is 13.9. The Hall–Kier alpha value is -2.45. The molecule has 0 aliphatic heterocycles. The van der Waals surface area contributed by atoms with Crippen LogP contribution in [-0.2, 0) is 14.4 Å². The lowest BCUT2D eigenvalue weighted by atomic mass is 10.1. The van der Waals surface area contributed by atoms with E-state index in [2.05, 4.69) is 13.5 Å². The van der Waals surface area contributed by atoms with Crippen molar-refractivity contribution >= 4 is 17.9 Å². The molecule has 0 saturated carbocycles. The molecule has 0 bridgehead atoms. The second kappa shape index (κ2) is 21.3. The van der Waals surface area contributed by atoms with Gasteiger partial charge in [-0.1, -0.05) is 44.9 Å². The first-order valence-corrected chi connectivity index (χ1v) is 9.90. The minimum Gasteiger partial charge on any atom is -0.478 e. The van der Waals surface area contributed by atoms with E-state index in [-0.39, 0.29) is 24.2 Å². The molecule has 1 unspecified atom stereocenters. The summed E-state index contributed by atoms with van der Waals surface area (Å²) >= 11 is 0. The van der Waals surface area contributed by atoms with Gasteiger partial charge in [-0.05, 0) is 40.0 Å². The molecule has 0 aromatic carbocycles. The van der Waals surface area contributed by atoms with Crippen LogP contribution in [0, 0.1) is 0 Å². The van der Waals surface area contributed by atoms with E-state index in [1.54, 1.807) is 19.9 Å². The third-order valence-electron chi connectivity index (χ3n) is 3.66. The summed E-state index contributed by atoms with van der Waals surface area (Å²) in [4.78, 5) is 30.4. The molecule has 5 N–H and O–H groups in total. The standard InChI is InChI=1S/C10H18O2.C7H12O3.C5H8O3/c1-3-4-5-6-7-8-9(2)10(11)12;1-5(7(9)10)3-4-6(2)8;1-4(2-3-6)5(7)8/h8H,3-7H2,1-2H3,(H,11,12);3,6,8H,4H2,1-2H3,(H,9,10);6H,1-3H2,(H,7,8)/b9-8+;5-3+;. The van der Waals surface area contributed by atoms with Crippen molar-refractivity contribution in [3.8, 4) is 0 Å². The summed E-state index contributed by atoms with van der Waals surface area (Å²) in [5.74, 6) is -2.77. The number of aliphatic hydroxyl groups is 2. The number of hydrogen-bond acceptors (Lipinski definition) is 5. The summed E-state index contributed by atoms with van der Waals surface area (Å²) in [5, 5.41) is 41.9. The van der Waals surface area contributed by atoms with Crippen LogP contribution in [0.2, 0.25) is 0 Å². The maximum absolute atomic E-state index is 10.4. The minimum absolute atomic E-state index is 0.0486. The highest BCUT2D eigenvalue weighted by Crippen LogP contribution is 2.05. The Kier molecular flexibility index (Phi) is 22.8. The number of carbonyl (C=O) groups is 3. The third kappa shape index (κ3) is 25.6. The van der Waals surface area contributed by atoms with E-state index in [9.17, 15) is 14.4 Å².